The molecule has 0 aliphatic carbocycles. The number of aryl methyl sites for hydroxylation is 1. The Bertz CT molecular complexity index is 390. The molecule has 1 N–H and O–H groups in total. The van der Waals surface area contributed by atoms with Gasteiger partial charge in [0.1, 0.15) is 0 Å². The van der Waals surface area contributed by atoms with Crippen molar-refractivity contribution in [3.05, 3.63) is 35.4 Å². The van der Waals surface area contributed by atoms with Crippen LogP contribution in [0.15, 0.2) is 24.3 Å². The minimum atomic E-state index is 0.489. The first-order valence-corrected chi connectivity index (χ1v) is 8.19. The molecule has 1 aliphatic rings. The zero-order valence-electron chi connectivity index (χ0n) is 13.5. The third-order valence-corrected chi connectivity index (χ3v) is 4.62. The standard InChI is InChI=1S/C18H30N2/c1-5-16-8-10-17(11-9-16)15(4)20(14(2)3)13-18-7-6-12-19-18/h8-11,14-15,18-19H,5-7,12-13H2,1-4H3. The second kappa shape index (κ2) is 7.24. The van der Waals surface area contributed by atoms with E-state index in [1.165, 1.54) is 30.5 Å². The lowest BCUT2D eigenvalue weighted by atomic mass is 10.0. The van der Waals surface area contributed by atoms with Crippen LogP contribution in [-0.2, 0) is 6.42 Å². The summed E-state index contributed by atoms with van der Waals surface area (Å²) in [5.74, 6) is 0. The highest BCUT2D eigenvalue weighted by molar-refractivity contribution is 5.24. The second-order valence-electron chi connectivity index (χ2n) is 6.35. The number of nitrogens with zero attached hydrogens (tertiary/aromatic N) is 1. The third-order valence-electron chi connectivity index (χ3n) is 4.62. The molecule has 1 aromatic carbocycles. The Morgan fingerprint density at radius 3 is 2.40 bits per heavy atom. The molecule has 2 nitrogen and oxygen atoms in total. The van der Waals surface area contributed by atoms with Crippen molar-refractivity contribution in [3.63, 3.8) is 0 Å². The monoisotopic (exact) mass is 274 g/mol. The van der Waals surface area contributed by atoms with Gasteiger partial charge in [0, 0.05) is 24.7 Å². The van der Waals surface area contributed by atoms with Gasteiger partial charge < -0.3 is 5.32 Å². The molecule has 0 radical (unpaired) electrons. The SMILES string of the molecule is CCc1ccc(C(C)N(CC2CCCN2)C(C)C)cc1. The van der Waals surface area contributed by atoms with Crippen molar-refractivity contribution < 1.29 is 0 Å². The maximum absolute atomic E-state index is 3.62. The summed E-state index contributed by atoms with van der Waals surface area (Å²) in [5.41, 5.74) is 2.86. The average Bonchev–Trinajstić information content (AvgIpc) is 2.97. The first kappa shape index (κ1) is 15.5. The van der Waals surface area contributed by atoms with E-state index >= 15 is 0 Å². The molecule has 0 bridgehead atoms. The molecular formula is C18H30N2. The van der Waals surface area contributed by atoms with Crippen LogP contribution in [0.4, 0.5) is 0 Å². The van der Waals surface area contributed by atoms with Gasteiger partial charge >= 0.3 is 0 Å². The minimum absolute atomic E-state index is 0.489. The highest BCUT2D eigenvalue weighted by Crippen LogP contribution is 2.24. The van der Waals surface area contributed by atoms with Crippen LogP contribution in [0.2, 0.25) is 0 Å². The quantitative estimate of drug-likeness (QED) is 0.849. The normalized spacial score (nSPS) is 20.8. The number of nitrogens with one attached hydrogen (secondary N) is 1. The number of benzene rings is 1. The van der Waals surface area contributed by atoms with E-state index < -0.39 is 0 Å². The van der Waals surface area contributed by atoms with E-state index in [-0.39, 0.29) is 0 Å². The van der Waals surface area contributed by atoms with Gasteiger partial charge in [-0.2, -0.15) is 0 Å². The summed E-state index contributed by atoms with van der Waals surface area (Å²) < 4.78 is 0. The largest absolute Gasteiger partial charge is 0.313 e. The predicted molar refractivity (Wildman–Crippen MR) is 87.1 cm³/mol. The summed E-state index contributed by atoms with van der Waals surface area (Å²) >= 11 is 0. The summed E-state index contributed by atoms with van der Waals surface area (Å²) in [6, 6.07) is 10.9. The van der Waals surface area contributed by atoms with Crippen LogP contribution < -0.4 is 5.32 Å². The van der Waals surface area contributed by atoms with Gasteiger partial charge in [-0.15, -0.1) is 0 Å². The first-order chi connectivity index (χ1) is 9.61. The molecule has 1 saturated heterocycles. The predicted octanol–water partition coefficient (Wildman–Crippen LogP) is 3.77. The van der Waals surface area contributed by atoms with Crippen molar-refractivity contribution in [1.82, 2.24) is 10.2 Å². The van der Waals surface area contributed by atoms with Gasteiger partial charge in [-0.3, -0.25) is 4.90 Å². The van der Waals surface area contributed by atoms with Crippen LogP contribution in [0, 0.1) is 0 Å². The zero-order valence-corrected chi connectivity index (χ0v) is 13.5. The second-order valence-corrected chi connectivity index (χ2v) is 6.35. The molecule has 2 heteroatoms. The van der Waals surface area contributed by atoms with Crippen LogP contribution in [0.5, 0.6) is 0 Å². The van der Waals surface area contributed by atoms with Crippen LogP contribution in [0.3, 0.4) is 0 Å². The van der Waals surface area contributed by atoms with Gasteiger partial charge in [-0.1, -0.05) is 31.2 Å². The van der Waals surface area contributed by atoms with Crippen molar-refractivity contribution in [3.8, 4) is 0 Å². The molecule has 1 heterocycles. The molecule has 1 aromatic rings. The maximum Gasteiger partial charge on any atom is 0.0323 e. The molecule has 2 rings (SSSR count). The summed E-state index contributed by atoms with van der Waals surface area (Å²) in [7, 11) is 0. The molecule has 0 saturated carbocycles. The van der Waals surface area contributed by atoms with Gasteiger partial charge in [0.25, 0.3) is 0 Å². The van der Waals surface area contributed by atoms with Crippen LogP contribution in [0.25, 0.3) is 0 Å². The van der Waals surface area contributed by atoms with Gasteiger partial charge in [-0.25, -0.2) is 0 Å². The van der Waals surface area contributed by atoms with Crippen LogP contribution >= 0.6 is 0 Å². The molecule has 0 aromatic heterocycles. The number of hydrogen-bond donors (Lipinski definition) is 1. The minimum Gasteiger partial charge on any atom is -0.313 e. The Labute approximate surface area is 124 Å². The Kier molecular flexibility index (Phi) is 5.62. The van der Waals surface area contributed by atoms with E-state index in [0.29, 0.717) is 18.1 Å². The van der Waals surface area contributed by atoms with Crippen LogP contribution in [0.1, 0.15) is 57.7 Å². The topological polar surface area (TPSA) is 15.3 Å². The lowest BCUT2D eigenvalue weighted by Crippen LogP contribution is -2.42. The Balaban J connectivity index is 2.06. The number of hydrogen-bond acceptors (Lipinski definition) is 2. The fourth-order valence-electron chi connectivity index (χ4n) is 3.21. The van der Waals surface area contributed by atoms with Gasteiger partial charge in [-0.05, 0) is 57.7 Å². The lowest BCUT2D eigenvalue weighted by molar-refractivity contribution is 0.150. The molecular weight excluding hydrogens is 244 g/mol. The molecule has 0 spiro atoms. The van der Waals surface area contributed by atoms with Gasteiger partial charge in [0.05, 0.1) is 0 Å². The van der Waals surface area contributed by atoms with Crippen molar-refractivity contribution >= 4 is 0 Å². The van der Waals surface area contributed by atoms with E-state index in [2.05, 4.69) is 62.2 Å². The van der Waals surface area contributed by atoms with E-state index in [0.717, 1.165) is 13.0 Å². The fourth-order valence-corrected chi connectivity index (χ4v) is 3.21. The van der Waals surface area contributed by atoms with Crippen molar-refractivity contribution in [2.45, 2.75) is 65.1 Å². The summed E-state index contributed by atoms with van der Waals surface area (Å²) in [6.07, 6.45) is 3.77. The molecule has 2 atom stereocenters. The van der Waals surface area contributed by atoms with Crippen molar-refractivity contribution in [2.24, 2.45) is 0 Å². The Morgan fingerprint density at radius 2 is 1.90 bits per heavy atom. The van der Waals surface area contributed by atoms with Crippen molar-refractivity contribution in [1.29, 1.82) is 0 Å². The van der Waals surface area contributed by atoms with Gasteiger partial charge in [0.15, 0.2) is 0 Å². The average molecular weight is 274 g/mol. The summed E-state index contributed by atoms with van der Waals surface area (Å²) in [6.45, 7) is 11.5. The third kappa shape index (κ3) is 3.83. The smallest absolute Gasteiger partial charge is 0.0323 e. The van der Waals surface area contributed by atoms with Crippen molar-refractivity contribution in [2.75, 3.05) is 13.1 Å². The fraction of sp³-hybridized carbons (Fsp3) is 0.667. The molecule has 2 unspecified atom stereocenters. The van der Waals surface area contributed by atoms with E-state index in [1.54, 1.807) is 0 Å². The first-order valence-electron chi connectivity index (χ1n) is 8.19. The molecule has 0 amide bonds. The molecule has 1 fully saturated rings. The summed E-state index contributed by atoms with van der Waals surface area (Å²) in [5, 5.41) is 3.62. The Hall–Kier alpha value is -0.860. The maximum atomic E-state index is 3.62. The summed E-state index contributed by atoms with van der Waals surface area (Å²) in [4.78, 5) is 2.63. The van der Waals surface area contributed by atoms with E-state index in [4.69, 9.17) is 0 Å². The highest BCUT2D eigenvalue weighted by Gasteiger charge is 2.24. The van der Waals surface area contributed by atoms with Gasteiger partial charge in [0.2, 0.25) is 0 Å². The lowest BCUT2D eigenvalue weighted by Gasteiger charge is -2.35. The van der Waals surface area contributed by atoms with E-state index in [9.17, 15) is 0 Å². The number of rotatable bonds is 6. The molecule has 112 valence electrons. The van der Waals surface area contributed by atoms with Crippen LogP contribution in [-0.4, -0.2) is 30.1 Å². The van der Waals surface area contributed by atoms with E-state index in [1.807, 2.05) is 0 Å². The Morgan fingerprint density at radius 1 is 1.20 bits per heavy atom. The molecule has 20 heavy (non-hydrogen) atoms. The molecule has 1 aliphatic heterocycles. The highest BCUT2D eigenvalue weighted by atomic mass is 15.2. The zero-order chi connectivity index (χ0) is 14.5.